The second-order valence-electron chi connectivity index (χ2n) is 6.03. The van der Waals surface area contributed by atoms with Gasteiger partial charge in [-0.05, 0) is 24.3 Å². The number of hydrazone groups is 1. The number of fused-ring (bicyclic) bond motifs is 3. The van der Waals surface area contributed by atoms with Crippen molar-refractivity contribution in [1.29, 1.82) is 0 Å². The van der Waals surface area contributed by atoms with Gasteiger partial charge in [0.2, 0.25) is 5.95 Å². The number of aromatic nitrogens is 3. The molecule has 2 aromatic heterocycles. The number of hydrogen-bond acceptors (Lipinski definition) is 6. The molecule has 0 aliphatic carbocycles. The Hall–Kier alpha value is -3.32. The molecule has 0 amide bonds. The number of ether oxygens (including phenoxy) is 2. The molecule has 0 atom stereocenters. The molecule has 8 heteroatoms. The van der Waals surface area contributed by atoms with Crippen LogP contribution in [0.2, 0.25) is 5.15 Å². The van der Waals surface area contributed by atoms with Crippen molar-refractivity contribution in [2.75, 3.05) is 18.6 Å². The van der Waals surface area contributed by atoms with Gasteiger partial charge in [0.1, 0.15) is 18.4 Å². The van der Waals surface area contributed by atoms with E-state index >= 15 is 0 Å². The highest BCUT2D eigenvalue weighted by Crippen LogP contribution is 2.34. The van der Waals surface area contributed by atoms with E-state index in [0.29, 0.717) is 41.4 Å². The Morgan fingerprint density at radius 1 is 1.04 bits per heavy atom. The number of imidazole rings is 1. The predicted octanol–water partition coefficient (Wildman–Crippen LogP) is 3.98. The summed E-state index contributed by atoms with van der Waals surface area (Å²) < 4.78 is 11.2. The topological polar surface area (TPSA) is 84.4 Å². The van der Waals surface area contributed by atoms with E-state index in [1.165, 1.54) is 0 Å². The summed E-state index contributed by atoms with van der Waals surface area (Å²) in [7, 11) is 0. The van der Waals surface area contributed by atoms with Gasteiger partial charge in [0.25, 0.3) is 0 Å². The molecule has 3 heterocycles. The van der Waals surface area contributed by atoms with E-state index in [9.17, 15) is 0 Å². The fourth-order valence-corrected chi connectivity index (χ4v) is 3.16. The highest BCUT2D eigenvalue weighted by Gasteiger charge is 2.14. The number of H-pyrrole nitrogens is 1. The van der Waals surface area contributed by atoms with E-state index in [0.717, 1.165) is 21.9 Å². The van der Waals surface area contributed by atoms with Gasteiger partial charge in [0, 0.05) is 17.0 Å². The van der Waals surface area contributed by atoms with Gasteiger partial charge in [-0.15, -0.1) is 0 Å². The molecule has 4 aromatic rings. The first-order chi connectivity index (χ1) is 13.3. The molecule has 0 bridgehead atoms. The normalized spacial score (nSPS) is 13.5. The van der Waals surface area contributed by atoms with Gasteiger partial charge in [-0.25, -0.2) is 15.4 Å². The third-order valence-electron chi connectivity index (χ3n) is 4.22. The summed E-state index contributed by atoms with van der Waals surface area (Å²) in [5.41, 5.74) is 6.11. The second kappa shape index (κ2) is 6.44. The molecule has 0 saturated carbocycles. The minimum absolute atomic E-state index is 0.356. The van der Waals surface area contributed by atoms with Crippen LogP contribution >= 0.6 is 11.6 Å². The molecule has 0 saturated heterocycles. The Morgan fingerprint density at radius 3 is 2.70 bits per heavy atom. The Labute approximate surface area is 159 Å². The minimum Gasteiger partial charge on any atom is -0.486 e. The van der Waals surface area contributed by atoms with Crippen molar-refractivity contribution in [3.8, 4) is 11.5 Å². The van der Waals surface area contributed by atoms with E-state index in [4.69, 9.17) is 21.1 Å². The van der Waals surface area contributed by atoms with Crippen molar-refractivity contribution in [2.24, 2.45) is 5.10 Å². The van der Waals surface area contributed by atoms with E-state index in [1.54, 1.807) is 6.21 Å². The maximum atomic E-state index is 6.31. The zero-order valence-corrected chi connectivity index (χ0v) is 14.8. The number of halogens is 1. The van der Waals surface area contributed by atoms with Crippen molar-refractivity contribution in [3.05, 3.63) is 53.2 Å². The third kappa shape index (κ3) is 3.02. The molecule has 134 valence electrons. The Bertz CT molecular complexity index is 1150. The third-order valence-corrected chi connectivity index (χ3v) is 4.53. The first-order valence-electron chi connectivity index (χ1n) is 8.40. The van der Waals surface area contributed by atoms with Crippen LogP contribution in [0.15, 0.2) is 47.6 Å². The van der Waals surface area contributed by atoms with E-state index in [1.807, 2.05) is 42.5 Å². The second-order valence-corrected chi connectivity index (χ2v) is 6.39. The molecular formula is C19H14ClN5O2. The highest BCUT2D eigenvalue weighted by atomic mass is 35.5. The number of para-hydroxylation sites is 2. The van der Waals surface area contributed by atoms with Crippen molar-refractivity contribution < 1.29 is 9.47 Å². The lowest BCUT2D eigenvalue weighted by atomic mass is 10.1. The van der Waals surface area contributed by atoms with Gasteiger partial charge in [-0.2, -0.15) is 5.10 Å². The number of hydrogen-bond donors (Lipinski definition) is 2. The van der Waals surface area contributed by atoms with Crippen LogP contribution in [0.4, 0.5) is 5.95 Å². The number of rotatable bonds is 3. The van der Waals surface area contributed by atoms with E-state index in [2.05, 4.69) is 25.5 Å². The lowest BCUT2D eigenvalue weighted by Gasteiger charge is -2.18. The van der Waals surface area contributed by atoms with Crippen molar-refractivity contribution in [3.63, 3.8) is 0 Å². The van der Waals surface area contributed by atoms with Gasteiger partial charge in [-0.1, -0.05) is 23.7 Å². The van der Waals surface area contributed by atoms with Crippen LogP contribution in [0.5, 0.6) is 11.5 Å². The van der Waals surface area contributed by atoms with Crippen LogP contribution in [0.3, 0.4) is 0 Å². The summed E-state index contributed by atoms with van der Waals surface area (Å²) in [6.45, 7) is 1.07. The lowest BCUT2D eigenvalue weighted by molar-refractivity contribution is 0.172. The largest absolute Gasteiger partial charge is 0.486 e. The zero-order valence-electron chi connectivity index (χ0n) is 14.1. The number of nitrogens with zero attached hydrogens (tertiary/aromatic N) is 3. The van der Waals surface area contributed by atoms with Crippen LogP contribution in [-0.4, -0.2) is 34.4 Å². The molecule has 2 aromatic carbocycles. The molecule has 0 fully saturated rings. The number of anilines is 1. The molecule has 0 spiro atoms. The molecule has 0 radical (unpaired) electrons. The van der Waals surface area contributed by atoms with Gasteiger partial charge in [0.05, 0.1) is 22.8 Å². The standard InChI is InChI=1S/C19H14ClN5O2/c20-18-12(10-21-25-19-23-13-3-1-2-4-14(13)24-19)7-11-8-16-17(9-15(11)22-18)27-6-5-26-16/h1-4,7-10H,5-6H2,(H2,23,24,25). The number of benzene rings is 2. The fourth-order valence-electron chi connectivity index (χ4n) is 2.96. The summed E-state index contributed by atoms with van der Waals surface area (Å²) in [4.78, 5) is 12.0. The van der Waals surface area contributed by atoms with Crippen LogP contribution in [-0.2, 0) is 0 Å². The van der Waals surface area contributed by atoms with Crippen LogP contribution < -0.4 is 14.9 Å². The summed E-state index contributed by atoms with van der Waals surface area (Å²) in [5, 5.41) is 5.47. The van der Waals surface area contributed by atoms with Crippen LogP contribution in [0, 0.1) is 0 Å². The molecule has 0 unspecified atom stereocenters. The first-order valence-corrected chi connectivity index (χ1v) is 8.78. The molecule has 27 heavy (non-hydrogen) atoms. The lowest BCUT2D eigenvalue weighted by Crippen LogP contribution is -2.15. The van der Waals surface area contributed by atoms with Gasteiger partial charge in [0.15, 0.2) is 11.5 Å². The first kappa shape index (κ1) is 15.9. The van der Waals surface area contributed by atoms with Crippen molar-refractivity contribution >= 4 is 45.7 Å². The van der Waals surface area contributed by atoms with E-state index < -0.39 is 0 Å². The number of aromatic amines is 1. The summed E-state index contributed by atoms with van der Waals surface area (Å²) in [5.74, 6) is 1.95. The number of nitrogens with one attached hydrogen (secondary N) is 2. The molecule has 1 aliphatic rings. The Balaban J connectivity index is 1.43. The maximum Gasteiger partial charge on any atom is 0.222 e. The average Bonchev–Trinajstić information content (AvgIpc) is 3.10. The van der Waals surface area contributed by atoms with Gasteiger partial charge >= 0.3 is 0 Å². The fraction of sp³-hybridized carbons (Fsp3) is 0.105. The predicted molar refractivity (Wildman–Crippen MR) is 105 cm³/mol. The van der Waals surface area contributed by atoms with Gasteiger partial charge < -0.3 is 14.5 Å². The zero-order chi connectivity index (χ0) is 18.2. The van der Waals surface area contributed by atoms with Crippen LogP contribution in [0.25, 0.3) is 21.9 Å². The molecule has 1 aliphatic heterocycles. The van der Waals surface area contributed by atoms with Crippen LogP contribution in [0.1, 0.15) is 5.56 Å². The molecular weight excluding hydrogens is 366 g/mol. The summed E-state index contributed by atoms with van der Waals surface area (Å²) in [6.07, 6.45) is 1.61. The Morgan fingerprint density at radius 2 is 1.85 bits per heavy atom. The highest BCUT2D eigenvalue weighted by molar-refractivity contribution is 6.32. The summed E-state index contributed by atoms with van der Waals surface area (Å²) >= 11 is 6.31. The average molecular weight is 380 g/mol. The molecule has 7 nitrogen and oxygen atoms in total. The monoisotopic (exact) mass is 379 g/mol. The number of pyridine rings is 1. The van der Waals surface area contributed by atoms with Crippen molar-refractivity contribution in [1.82, 2.24) is 15.0 Å². The van der Waals surface area contributed by atoms with Crippen molar-refractivity contribution in [2.45, 2.75) is 0 Å². The van der Waals surface area contributed by atoms with Gasteiger partial charge in [-0.3, -0.25) is 0 Å². The maximum absolute atomic E-state index is 6.31. The molecule has 5 rings (SSSR count). The quantitative estimate of drug-likeness (QED) is 0.319. The SMILES string of the molecule is Clc1nc2cc3c(cc2cc1C=NNc1nc2ccccc2[nH]1)OCCO3. The smallest absolute Gasteiger partial charge is 0.222 e. The van der Waals surface area contributed by atoms with E-state index in [-0.39, 0.29) is 0 Å². The summed E-state index contributed by atoms with van der Waals surface area (Å²) in [6, 6.07) is 13.4. The molecule has 2 N–H and O–H groups in total. The minimum atomic E-state index is 0.356. The Kier molecular flexibility index (Phi) is 3.79.